The van der Waals surface area contributed by atoms with E-state index in [1.54, 1.807) is 17.8 Å². The van der Waals surface area contributed by atoms with Gasteiger partial charge in [0.25, 0.3) is 0 Å². The van der Waals surface area contributed by atoms with Crippen LogP contribution in [0.4, 0.5) is 4.39 Å². The van der Waals surface area contributed by atoms with E-state index in [0.29, 0.717) is 16.5 Å². The van der Waals surface area contributed by atoms with Crippen molar-refractivity contribution in [3.8, 4) is 0 Å². The molecule has 0 aliphatic heterocycles. The third-order valence-corrected chi connectivity index (χ3v) is 2.89. The van der Waals surface area contributed by atoms with Gasteiger partial charge in [0.1, 0.15) is 5.43 Å². The summed E-state index contributed by atoms with van der Waals surface area (Å²) in [5, 5.41) is 2.21. The first-order valence-corrected chi connectivity index (χ1v) is 5.49. The molecular formula is C13H14FN2OY+2. The number of nitrogens with zero attached hydrogens (tertiary/aromatic N) is 2. The molecule has 0 N–H and O–H groups in total. The van der Waals surface area contributed by atoms with E-state index < -0.39 is 5.82 Å². The number of aromatic nitrogens is 1. The van der Waals surface area contributed by atoms with Crippen molar-refractivity contribution in [2.75, 3.05) is 18.6 Å². The number of pyridine rings is 1. The fourth-order valence-electron chi connectivity index (χ4n) is 1.81. The molecule has 0 amide bonds. The van der Waals surface area contributed by atoms with Crippen molar-refractivity contribution in [2.24, 2.45) is 0 Å². The Morgan fingerprint density at radius 3 is 2.72 bits per heavy atom. The SMILES string of the molecule is CCN(C)n1cc(C)c(=O)c2c[c-]cc(F)c21.[Y+3]. The number of hydrogen-bond acceptors (Lipinski definition) is 2. The van der Waals surface area contributed by atoms with Crippen LogP contribution in [0.5, 0.6) is 0 Å². The van der Waals surface area contributed by atoms with E-state index in [-0.39, 0.29) is 38.1 Å². The molecule has 2 rings (SSSR count). The second kappa shape index (κ2) is 5.94. The van der Waals surface area contributed by atoms with Crippen molar-refractivity contribution in [2.45, 2.75) is 13.8 Å². The number of fused-ring (bicyclic) bond motifs is 1. The van der Waals surface area contributed by atoms with E-state index in [1.165, 1.54) is 12.1 Å². The molecule has 0 aliphatic rings. The molecule has 1 heterocycles. The molecule has 0 atom stereocenters. The zero-order valence-electron chi connectivity index (χ0n) is 10.7. The third kappa shape index (κ3) is 2.50. The summed E-state index contributed by atoms with van der Waals surface area (Å²) in [7, 11) is 1.85. The summed E-state index contributed by atoms with van der Waals surface area (Å²) < 4.78 is 15.5. The van der Waals surface area contributed by atoms with Crippen LogP contribution in [0, 0.1) is 18.8 Å². The molecule has 0 radical (unpaired) electrons. The molecule has 18 heavy (non-hydrogen) atoms. The monoisotopic (exact) mass is 322 g/mol. The zero-order chi connectivity index (χ0) is 12.6. The van der Waals surface area contributed by atoms with E-state index in [2.05, 4.69) is 6.07 Å². The van der Waals surface area contributed by atoms with Crippen molar-refractivity contribution >= 4 is 10.9 Å². The zero-order valence-corrected chi connectivity index (χ0v) is 13.5. The smallest absolute Gasteiger partial charge is 0.318 e. The number of aryl methyl sites for hydroxylation is 1. The molecule has 0 saturated carbocycles. The van der Waals surface area contributed by atoms with Crippen LogP contribution < -0.4 is 10.4 Å². The molecule has 0 aliphatic carbocycles. The maximum atomic E-state index is 13.8. The Morgan fingerprint density at radius 1 is 1.44 bits per heavy atom. The second-order valence-corrected chi connectivity index (χ2v) is 4.03. The molecule has 2 aromatic rings. The van der Waals surface area contributed by atoms with Crippen molar-refractivity contribution in [1.29, 1.82) is 0 Å². The average molecular weight is 322 g/mol. The minimum Gasteiger partial charge on any atom is -0.318 e. The summed E-state index contributed by atoms with van der Waals surface area (Å²) in [6.07, 6.45) is 1.66. The minimum atomic E-state index is -0.431. The van der Waals surface area contributed by atoms with E-state index in [4.69, 9.17) is 0 Å². The molecule has 0 bridgehead atoms. The van der Waals surface area contributed by atoms with Gasteiger partial charge in [-0.2, -0.15) is 12.1 Å². The maximum Gasteiger partial charge on any atom is 3.00 e. The Labute approximate surface area is 130 Å². The van der Waals surface area contributed by atoms with Crippen LogP contribution in [0.15, 0.2) is 23.1 Å². The number of benzene rings is 1. The molecule has 5 heteroatoms. The largest absolute Gasteiger partial charge is 3.00 e. The van der Waals surface area contributed by atoms with E-state index >= 15 is 0 Å². The van der Waals surface area contributed by atoms with Gasteiger partial charge in [0.15, 0.2) is 0 Å². The fourth-order valence-corrected chi connectivity index (χ4v) is 1.81. The van der Waals surface area contributed by atoms with E-state index in [9.17, 15) is 9.18 Å². The van der Waals surface area contributed by atoms with E-state index in [0.717, 1.165) is 6.54 Å². The first-order chi connectivity index (χ1) is 8.06. The van der Waals surface area contributed by atoms with Crippen LogP contribution in [0.25, 0.3) is 10.9 Å². The van der Waals surface area contributed by atoms with Gasteiger partial charge in [-0.25, -0.2) is 0 Å². The summed E-state index contributed by atoms with van der Waals surface area (Å²) in [6.45, 7) is 4.41. The molecule has 0 unspecified atom stereocenters. The predicted octanol–water partition coefficient (Wildman–Crippen LogP) is 1.83. The first-order valence-electron chi connectivity index (χ1n) is 5.49. The van der Waals surface area contributed by atoms with Crippen LogP contribution in [0.2, 0.25) is 0 Å². The Bertz CT molecular complexity index is 624. The fraction of sp³-hybridized carbons (Fsp3) is 0.308. The van der Waals surface area contributed by atoms with Crippen molar-refractivity contribution < 1.29 is 37.1 Å². The van der Waals surface area contributed by atoms with Crippen LogP contribution in [-0.4, -0.2) is 18.3 Å². The number of halogens is 1. The van der Waals surface area contributed by atoms with Crippen molar-refractivity contribution in [3.63, 3.8) is 0 Å². The molecule has 3 nitrogen and oxygen atoms in total. The van der Waals surface area contributed by atoms with Gasteiger partial charge in [0, 0.05) is 31.2 Å². The molecule has 0 saturated heterocycles. The van der Waals surface area contributed by atoms with Gasteiger partial charge in [0.05, 0.1) is 0 Å². The number of rotatable bonds is 2. The maximum absolute atomic E-state index is 13.8. The van der Waals surface area contributed by atoms with Gasteiger partial charge in [0.2, 0.25) is 0 Å². The summed E-state index contributed by atoms with van der Waals surface area (Å²) in [4.78, 5) is 11.9. The summed E-state index contributed by atoms with van der Waals surface area (Å²) >= 11 is 0. The van der Waals surface area contributed by atoms with E-state index in [1.807, 2.05) is 19.0 Å². The minimum absolute atomic E-state index is 0. The van der Waals surface area contributed by atoms with Crippen LogP contribution in [0.1, 0.15) is 12.5 Å². The first kappa shape index (κ1) is 15.3. The van der Waals surface area contributed by atoms with Gasteiger partial charge in [-0.05, 0) is 19.4 Å². The van der Waals surface area contributed by atoms with Gasteiger partial charge < -0.3 is 9.80 Å². The third-order valence-electron chi connectivity index (χ3n) is 2.89. The molecule has 1 aromatic carbocycles. The Morgan fingerprint density at radius 2 is 2.11 bits per heavy atom. The standard InChI is InChI=1S/C13H14FN2O.Y/c1-4-15(3)16-8-9(2)13(17)10-6-5-7-11(14)12(10)16;/h6-8H,4H2,1-3H3;/q-1;+3. The average Bonchev–Trinajstić information content (AvgIpc) is 2.33. The second-order valence-electron chi connectivity index (χ2n) is 4.03. The predicted molar refractivity (Wildman–Crippen MR) is 66.4 cm³/mol. The molecule has 1 aromatic heterocycles. The number of hydrogen-bond donors (Lipinski definition) is 0. The summed E-state index contributed by atoms with van der Waals surface area (Å²) in [6, 6.07) is 5.43. The van der Waals surface area contributed by atoms with Gasteiger partial charge in [-0.1, -0.05) is 5.39 Å². The van der Waals surface area contributed by atoms with Gasteiger partial charge >= 0.3 is 32.7 Å². The van der Waals surface area contributed by atoms with Crippen molar-refractivity contribution in [3.05, 3.63) is 46.0 Å². The van der Waals surface area contributed by atoms with Crippen LogP contribution in [0.3, 0.4) is 0 Å². The topological polar surface area (TPSA) is 25.2 Å². The molecular weight excluding hydrogens is 308 g/mol. The van der Waals surface area contributed by atoms with Crippen molar-refractivity contribution in [1.82, 2.24) is 4.68 Å². The van der Waals surface area contributed by atoms with Gasteiger partial charge in [-0.15, -0.1) is 6.07 Å². The van der Waals surface area contributed by atoms with Crippen LogP contribution >= 0.6 is 0 Å². The summed E-state index contributed by atoms with van der Waals surface area (Å²) in [5.41, 5.74) is 0.761. The summed E-state index contributed by atoms with van der Waals surface area (Å²) in [5.74, 6) is -0.431. The Balaban J connectivity index is 0.00000162. The van der Waals surface area contributed by atoms with Gasteiger partial charge in [-0.3, -0.25) is 9.07 Å². The van der Waals surface area contributed by atoms with Crippen LogP contribution in [-0.2, 0) is 32.7 Å². The Hall–Kier alpha value is -0.736. The molecule has 90 valence electrons. The normalized spacial score (nSPS) is 10.2. The molecule has 0 spiro atoms. The molecule has 0 fully saturated rings. The Kier molecular flexibility index (Phi) is 5.05. The quantitative estimate of drug-likeness (QED) is 0.789.